The molecule has 1 aromatic heterocycles. The lowest BCUT2D eigenvalue weighted by Gasteiger charge is -2.23. The van der Waals surface area contributed by atoms with E-state index < -0.39 is 18.0 Å². The summed E-state index contributed by atoms with van der Waals surface area (Å²) < 4.78 is 18.9. The van der Waals surface area contributed by atoms with Crippen LogP contribution in [0, 0.1) is 12.7 Å². The maximum absolute atomic E-state index is 13.9. The van der Waals surface area contributed by atoms with Gasteiger partial charge in [0, 0.05) is 30.5 Å². The monoisotopic (exact) mass is 394 g/mol. The first-order valence-corrected chi connectivity index (χ1v) is 9.07. The first-order valence-electron chi connectivity index (χ1n) is 8.70. The first-order chi connectivity index (χ1) is 12.8. The molecule has 2 aromatic rings. The highest BCUT2D eigenvalue weighted by Crippen LogP contribution is 2.23. The van der Waals surface area contributed by atoms with Crippen molar-refractivity contribution < 1.29 is 23.6 Å². The minimum Gasteiger partial charge on any atom is -0.391 e. The van der Waals surface area contributed by atoms with Crippen LogP contribution in [0.3, 0.4) is 0 Å². The lowest BCUT2D eigenvalue weighted by atomic mass is 10.0. The molecule has 0 unspecified atom stereocenters. The van der Waals surface area contributed by atoms with Crippen molar-refractivity contribution in [2.45, 2.75) is 44.8 Å². The number of benzene rings is 1. The van der Waals surface area contributed by atoms with Crippen molar-refractivity contribution in [1.29, 1.82) is 0 Å². The molecule has 2 heterocycles. The van der Waals surface area contributed by atoms with Crippen molar-refractivity contribution in [2.24, 2.45) is 0 Å². The standard InChI is InChI=1S/C19H20ClFN2O4/c1-11-6-15(27-22-11)9-19(26)23-10-14(24)8-17(23)18(25)5-3-12-2-4-13(20)7-16(12)21/h2,4,6-7,14,17,24H,3,5,8-10H2,1H3/t14-,17+/m1/s1. The third kappa shape index (κ3) is 4.73. The summed E-state index contributed by atoms with van der Waals surface area (Å²) in [6, 6.07) is 5.26. The molecule has 1 aliphatic heterocycles. The molecule has 1 amide bonds. The van der Waals surface area contributed by atoms with E-state index in [9.17, 15) is 19.1 Å². The molecule has 0 spiro atoms. The molecule has 0 bridgehead atoms. The Balaban J connectivity index is 1.63. The second kappa shape index (κ2) is 8.19. The van der Waals surface area contributed by atoms with Gasteiger partial charge < -0.3 is 14.5 Å². The number of aromatic nitrogens is 1. The molecule has 27 heavy (non-hydrogen) atoms. The van der Waals surface area contributed by atoms with Crippen LogP contribution < -0.4 is 0 Å². The number of hydrogen-bond acceptors (Lipinski definition) is 5. The average Bonchev–Trinajstić information content (AvgIpc) is 3.19. The molecular weight excluding hydrogens is 375 g/mol. The van der Waals surface area contributed by atoms with E-state index in [0.29, 0.717) is 22.0 Å². The number of ketones is 1. The third-order valence-corrected chi connectivity index (χ3v) is 4.86. The topological polar surface area (TPSA) is 83.6 Å². The minimum absolute atomic E-state index is 0.0247. The summed E-state index contributed by atoms with van der Waals surface area (Å²) in [4.78, 5) is 26.6. The van der Waals surface area contributed by atoms with Crippen LogP contribution in [0.4, 0.5) is 4.39 Å². The van der Waals surface area contributed by atoms with Gasteiger partial charge in [-0.2, -0.15) is 0 Å². The van der Waals surface area contributed by atoms with Crippen LogP contribution in [0.15, 0.2) is 28.8 Å². The normalized spacial score (nSPS) is 19.5. The van der Waals surface area contributed by atoms with Gasteiger partial charge in [-0.25, -0.2) is 4.39 Å². The number of aliphatic hydroxyl groups is 1. The van der Waals surface area contributed by atoms with Crippen molar-refractivity contribution >= 4 is 23.3 Å². The molecule has 3 rings (SSSR count). The van der Waals surface area contributed by atoms with Crippen molar-refractivity contribution in [3.8, 4) is 0 Å². The van der Waals surface area contributed by atoms with Gasteiger partial charge in [0.2, 0.25) is 5.91 Å². The first kappa shape index (κ1) is 19.5. The fraction of sp³-hybridized carbons (Fsp3) is 0.421. The number of hydrogen-bond donors (Lipinski definition) is 1. The van der Waals surface area contributed by atoms with E-state index >= 15 is 0 Å². The van der Waals surface area contributed by atoms with Crippen LogP contribution in [0.1, 0.15) is 29.9 Å². The number of halogens is 2. The zero-order valence-corrected chi connectivity index (χ0v) is 15.6. The number of carbonyl (C=O) groups is 2. The number of rotatable bonds is 6. The molecule has 8 heteroatoms. The summed E-state index contributed by atoms with van der Waals surface area (Å²) in [5.41, 5.74) is 1.05. The van der Waals surface area contributed by atoms with E-state index in [1.165, 1.54) is 11.0 Å². The van der Waals surface area contributed by atoms with Gasteiger partial charge in [0.25, 0.3) is 0 Å². The number of nitrogens with zero attached hydrogens (tertiary/aromatic N) is 2. The summed E-state index contributed by atoms with van der Waals surface area (Å²) in [7, 11) is 0. The number of likely N-dealkylation sites (tertiary alicyclic amines) is 1. The predicted molar refractivity (Wildman–Crippen MR) is 95.8 cm³/mol. The molecule has 1 saturated heterocycles. The molecule has 2 atom stereocenters. The smallest absolute Gasteiger partial charge is 0.231 e. The van der Waals surface area contributed by atoms with Crippen LogP contribution in [0.5, 0.6) is 0 Å². The molecule has 0 aliphatic carbocycles. The van der Waals surface area contributed by atoms with E-state index in [-0.39, 0.29) is 43.9 Å². The highest BCUT2D eigenvalue weighted by Gasteiger charge is 2.38. The fourth-order valence-corrected chi connectivity index (χ4v) is 3.45. The van der Waals surface area contributed by atoms with Gasteiger partial charge in [0.1, 0.15) is 11.6 Å². The number of carbonyl (C=O) groups excluding carboxylic acids is 2. The molecule has 1 aromatic carbocycles. The van der Waals surface area contributed by atoms with Crippen LogP contribution in [-0.4, -0.2) is 45.5 Å². The van der Waals surface area contributed by atoms with Gasteiger partial charge in [0.15, 0.2) is 5.78 Å². The summed E-state index contributed by atoms with van der Waals surface area (Å²) in [5, 5.41) is 14.0. The van der Waals surface area contributed by atoms with Gasteiger partial charge in [0.05, 0.1) is 24.3 Å². The number of amides is 1. The van der Waals surface area contributed by atoms with Crippen molar-refractivity contribution in [3.63, 3.8) is 0 Å². The van der Waals surface area contributed by atoms with Crippen LogP contribution >= 0.6 is 11.6 Å². The molecule has 6 nitrogen and oxygen atoms in total. The molecule has 1 fully saturated rings. The highest BCUT2D eigenvalue weighted by molar-refractivity contribution is 6.30. The van der Waals surface area contributed by atoms with E-state index in [0.717, 1.165) is 0 Å². The van der Waals surface area contributed by atoms with Gasteiger partial charge in [-0.1, -0.05) is 22.8 Å². The zero-order chi connectivity index (χ0) is 19.6. The Morgan fingerprint density at radius 2 is 2.19 bits per heavy atom. The molecular formula is C19H20ClFN2O4. The van der Waals surface area contributed by atoms with Crippen LogP contribution in [0.25, 0.3) is 0 Å². The summed E-state index contributed by atoms with van der Waals surface area (Å²) in [6.45, 7) is 1.84. The third-order valence-electron chi connectivity index (χ3n) is 4.63. The average molecular weight is 395 g/mol. The highest BCUT2D eigenvalue weighted by atomic mass is 35.5. The van der Waals surface area contributed by atoms with Crippen molar-refractivity contribution in [1.82, 2.24) is 10.1 Å². The van der Waals surface area contributed by atoms with E-state index in [2.05, 4.69) is 5.16 Å². The minimum atomic E-state index is -0.758. The Morgan fingerprint density at radius 3 is 2.85 bits per heavy atom. The second-order valence-electron chi connectivity index (χ2n) is 6.76. The second-order valence-corrected chi connectivity index (χ2v) is 7.20. The molecule has 144 valence electrons. The molecule has 0 radical (unpaired) electrons. The van der Waals surface area contributed by atoms with E-state index in [1.54, 1.807) is 25.1 Å². The van der Waals surface area contributed by atoms with Crippen molar-refractivity contribution in [2.75, 3.05) is 6.54 Å². The lowest BCUT2D eigenvalue weighted by Crippen LogP contribution is -2.41. The maximum atomic E-state index is 13.9. The molecule has 0 saturated carbocycles. The number of aliphatic hydroxyl groups excluding tert-OH is 1. The molecule has 1 N–H and O–H groups in total. The van der Waals surface area contributed by atoms with Gasteiger partial charge in [-0.3, -0.25) is 9.59 Å². The van der Waals surface area contributed by atoms with Crippen LogP contribution in [0.2, 0.25) is 5.02 Å². The SMILES string of the molecule is Cc1cc(CC(=O)N2C[C@H](O)C[C@H]2C(=O)CCc2ccc(Cl)cc2F)on1. The van der Waals surface area contributed by atoms with Gasteiger partial charge in [-0.15, -0.1) is 0 Å². The lowest BCUT2D eigenvalue weighted by molar-refractivity contribution is -0.137. The van der Waals surface area contributed by atoms with E-state index in [4.69, 9.17) is 16.1 Å². The molecule has 1 aliphatic rings. The number of β-amino-alcohol motifs (C(OH)–C–C–N with tert-alkyl or cyclic N) is 1. The Kier molecular flexibility index (Phi) is 5.92. The summed E-state index contributed by atoms with van der Waals surface area (Å²) in [6.07, 6.45) is -0.322. The van der Waals surface area contributed by atoms with Gasteiger partial charge in [-0.05, 0) is 31.0 Å². The van der Waals surface area contributed by atoms with Crippen molar-refractivity contribution in [3.05, 3.63) is 52.1 Å². The summed E-state index contributed by atoms with van der Waals surface area (Å²) >= 11 is 5.73. The Labute approximate surface area is 160 Å². The Morgan fingerprint density at radius 1 is 1.41 bits per heavy atom. The maximum Gasteiger partial charge on any atom is 0.231 e. The largest absolute Gasteiger partial charge is 0.391 e. The quantitative estimate of drug-likeness (QED) is 0.813. The predicted octanol–water partition coefficient (Wildman–Crippen LogP) is 2.48. The van der Waals surface area contributed by atoms with E-state index in [1.807, 2.05) is 0 Å². The Bertz CT molecular complexity index is 854. The number of aryl methyl sites for hydroxylation is 2. The fourth-order valence-electron chi connectivity index (χ4n) is 3.29. The zero-order valence-electron chi connectivity index (χ0n) is 14.8. The Hall–Kier alpha value is -2.25. The number of Topliss-reactive ketones (excluding diaryl/α,β-unsaturated/α-hetero) is 1. The summed E-state index contributed by atoms with van der Waals surface area (Å²) in [5.74, 6) is -0.564. The van der Waals surface area contributed by atoms with Crippen LogP contribution in [-0.2, 0) is 22.4 Å². The van der Waals surface area contributed by atoms with Gasteiger partial charge >= 0.3 is 0 Å².